The van der Waals surface area contributed by atoms with Crippen molar-refractivity contribution in [3.8, 4) is 0 Å². The van der Waals surface area contributed by atoms with Crippen LogP contribution in [-0.4, -0.2) is 5.91 Å². The van der Waals surface area contributed by atoms with Crippen LogP contribution in [0.4, 0.5) is 11.4 Å². The molecule has 2 N–H and O–H groups in total. The van der Waals surface area contributed by atoms with Crippen LogP contribution in [0.2, 0.25) is 0 Å². The number of benzene rings is 2. The van der Waals surface area contributed by atoms with Crippen LogP contribution in [0, 0.1) is 6.92 Å². The topological polar surface area (TPSA) is 41.1 Å². The zero-order chi connectivity index (χ0) is 15.2. The van der Waals surface area contributed by atoms with E-state index in [2.05, 4.69) is 42.7 Å². The number of amides is 1. The van der Waals surface area contributed by atoms with E-state index in [1.165, 1.54) is 11.1 Å². The molecule has 2 rings (SSSR count). The molecule has 110 valence electrons. The Bertz CT molecular complexity index is 622. The molecule has 0 spiro atoms. The number of nitrogens with one attached hydrogen (secondary N) is 2. The van der Waals surface area contributed by atoms with E-state index in [4.69, 9.17) is 0 Å². The molecule has 0 heterocycles. The summed E-state index contributed by atoms with van der Waals surface area (Å²) in [5, 5.41) is 6.36. The summed E-state index contributed by atoms with van der Waals surface area (Å²) in [6, 6.07) is 16.4. The predicted octanol–water partition coefficient (Wildman–Crippen LogP) is 4.52. The molecule has 1 amide bonds. The lowest BCUT2D eigenvalue weighted by Gasteiger charge is -2.18. The fourth-order valence-corrected chi connectivity index (χ4v) is 2.34. The predicted molar refractivity (Wildman–Crippen MR) is 88.6 cm³/mol. The van der Waals surface area contributed by atoms with Gasteiger partial charge in [-0.1, -0.05) is 37.3 Å². The lowest BCUT2D eigenvalue weighted by Crippen LogP contribution is -2.11. The third-order valence-electron chi connectivity index (χ3n) is 3.51. The molecule has 21 heavy (non-hydrogen) atoms. The maximum atomic E-state index is 11.4. The van der Waals surface area contributed by atoms with Crippen LogP contribution >= 0.6 is 0 Å². The lowest BCUT2D eigenvalue weighted by atomic mass is 10.0. The van der Waals surface area contributed by atoms with Gasteiger partial charge in [0.1, 0.15) is 0 Å². The van der Waals surface area contributed by atoms with Gasteiger partial charge in [0.25, 0.3) is 0 Å². The average molecular weight is 282 g/mol. The minimum absolute atomic E-state index is 0.0269. The second kappa shape index (κ2) is 6.93. The number of carbonyl (C=O) groups is 1. The molecular formula is C18H22N2O. The quantitative estimate of drug-likeness (QED) is 0.846. The van der Waals surface area contributed by atoms with Gasteiger partial charge in [0.05, 0.1) is 0 Å². The van der Waals surface area contributed by atoms with Crippen molar-refractivity contribution in [1.82, 2.24) is 0 Å². The Morgan fingerprint density at radius 3 is 2.52 bits per heavy atom. The molecule has 1 atom stereocenters. The summed E-state index contributed by atoms with van der Waals surface area (Å²) in [5.41, 5.74) is 4.37. The minimum Gasteiger partial charge on any atom is -0.378 e. The molecular weight excluding hydrogens is 260 g/mol. The van der Waals surface area contributed by atoms with Crippen LogP contribution in [0.15, 0.2) is 48.5 Å². The molecule has 0 aromatic heterocycles. The van der Waals surface area contributed by atoms with Crippen LogP contribution in [0.1, 0.15) is 37.4 Å². The van der Waals surface area contributed by atoms with E-state index in [9.17, 15) is 4.79 Å². The average Bonchev–Trinajstić information content (AvgIpc) is 2.47. The van der Waals surface area contributed by atoms with Crippen LogP contribution in [0.5, 0.6) is 0 Å². The summed E-state index contributed by atoms with van der Waals surface area (Å²) in [4.78, 5) is 11.4. The van der Waals surface area contributed by atoms with Gasteiger partial charge in [0, 0.05) is 23.8 Å². The normalized spacial score (nSPS) is 11.8. The number of hydrogen-bond donors (Lipinski definition) is 2. The minimum atomic E-state index is 0.0269. The summed E-state index contributed by atoms with van der Waals surface area (Å²) in [5.74, 6) is 0.0269. The highest BCUT2D eigenvalue weighted by atomic mass is 16.1. The van der Waals surface area contributed by atoms with E-state index >= 15 is 0 Å². The van der Waals surface area contributed by atoms with Crippen molar-refractivity contribution in [1.29, 1.82) is 0 Å². The second-order valence-corrected chi connectivity index (χ2v) is 5.21. The Kier molecular flexibility index (Phi) is 4.99. The molecule has 0 aliphatic heterocycles. The Hall–Kier alpha value is -2.29. The molecule has 2 aromatic rings. The molecule has 0 aliphatic rings. The maximum Gasteiger partial charge on any atom is 0.224 e. The first-order valence-corrected chi connectivity index (χ1v) is 7.32. The largest absolute Gasteiger partial charge is 0.378 e. The third-order valence-corrected chi connectivity index (χ3v) is 3.51. The zero-order valence-electron chi connectivity index (χ0n) is 12.8. The Morgan fingerprint density at radius 2 is 1.81 bits per heavy atom. The molecule has 1 unspecified atom stereocenters. The van der Waals surface area contributed by atoms with Crippen LogP contribution in [0.25, 0.3) is 0 Å². The first kappa shape index (κ1) is 15.1. The lowest BCUT2D eigenvalue weighted by molar-refractivity contribution is -0.115. The highest BCUT2D eigenvalue weighted by molar-refractivity contribution is 5.90. The van der Waals surface area contributed by atoms with Gasteiger partial charge in [-0.3, -0.25) is 4.79 Å². The number of aryl methyl sites for hydroxylation is 1. The van der Waals surface area contributed by atoms with Crippen LogP contribution in [-0.2, 0) is 4.79 Å². The summed E-state index contributed by atoms with van der Waals surface area (Å²) < 4.78 is 0. The van der Waals surface area contributed by atoms with Crippen molar-refractivity contribution in [3.05, 3.63) is 59.7 Å². The number of anilines is 2. The number of rotatable bonds is 5. The molecule has 0 radical (unpaired) electrons. The van der Waals surface area contributed by atoms with E-state index in [1.807, 2.05) is 37.3 Å². The van der Waals surface area contributed by atoms with Gasteiger partial charge in [0.15, 0.2) is 0 Å². The SMILES string of the molecule is CCC(=O)Nc1cccc(NC(C)c2ccccc2C)c1. The second-order valence-electron chi connectivity index (χ2n) is 5.21. The molecule has 0 saturated carbocycles. The van der Waals surface area contributed by atoms with Gasteiger partial charge in [-0.25, -0.2) is 0 Å². The molecule has 0 bridgehead atoms. The van der Waals surface area contributed by atoms with E-state index in [1.54, 1.807) is 0 Å². The maximum absolute atomic E-state index is 11.4. The zero-order valence-corrected chi connectivity index (χ0v) is 12.8. The summed E-state index contributed by atoms with van der Waals surface area (Å²) in [7, 11) is 0. The molecule has 3 heteroatoms. The first-order valence-electron chi connectivity index (χ1n) is 7.32. The van der Waals surface area contributed by atoms with E-state index < -0.39 is 0 Å². The standard InChI is InChI=1S/C18H22N2O/c1-4-18(21)20-16-10-7-9-15(12-16)19-14(3)17-11-6-5-8-13(17)2/h5-12,14,19H,4H2,1-3H3,(H,20,21). The van der Waals surface area contributed by atoms with Crippen molar-refractivity contribution >= 4 is 17.3 Å². The number of hydrogen-bond acceptors (Lipinski definition) is 2. The molecule has 3 nitrogen and oxygen atoms in total. The van der Waals surface area contributed by atoms with Gasteiger partial charge >= 0.3 is 0 Å². The fourth-order valence-electron chi connectivity index (χ4n) is 2.34. The van der Waals surface area contributed by atoms with Gasteiger partial charge in [-0.05, 0) is 43.2 Å². The smallest absolute Gasteiger partial charge is 0.224 e. The molecule has 0 aliphatic carbocycles. The van der Waals surface area contributed by atoms with Crippen molar-refractivity contribution in [2.24, 2.45) is 0 Å². The Balaban J connectivity index is 2.11. The summed E-state index contributed by atoms with van der Waals surface area (Å²) in [6.45, 7) is 6.10. The molecule has 0 saturated heterocycles. The highest BCUT2D eigenvalue weighted by Gasteiger charge is 2.08. The van der Waals surface area contributed by atoms with Crippen LogP contribution < -0.4 is 10.6 Å². The summed E-state index contributed by atoms with van der Waals surface area (Å²) in [6.07, 6.45) is 0.483. The molecule has 0 fully saturated rings. The molecule has 2 aromatic carbocycles. The van der Waals surface area contributed by atoms with E-state index in [-0.39, 0.29) is 11.9 Å². The summed E-state index contributed by atoms with van der Waals surface area (Å²) >= 11 is 0. The van der Waals surface area contributed by atoms with Gasteiger partial charge in [-0.15, -0.1) is 0 Å². The van der Waals surface area contributed by atoms with Crippen molar-refractivity contribution < 1.29 is 4.79 Å². The van der Waals surface area contributed by atoms with Crippen molar-refractivity contribution in [3.63, 3.8) is 0 Å². The Morgan fingerprint density at radius 1 is 1.10 bits per heavy atom. The number of carbonyl (C=O) groups excluding carboxylic acids is 1. The van der Waals surface area contributed by atoms with Gasteiger partial charge < -0.3 is 10.6 Å². The highest BCUT2D eigenvalue weighted by Crippen LogP contribution is 2.23. The van der Waals surface area contributed by atoms with Gasteiger partial charge in [-0.2, -0.15) is 0 Å². The van der Waals surface area contributed by atoms with E-state index in [0.29, 0.717) is 6.42 Å². The first-order chi connectivity index (χ1) is 10.1. The van der Waals surface area contributed by atoms with E-state index in [0.717, 1.165) is 11.4 Å². The van der Waals surface area contributed by atoms with Crippen LogP contribution in [0.3, 0.4) is 0 Å². The third kappa shape index (κ3) is 4.09. The fraction of sp³-hybridized carbons (Fsp3) is 0.278. The van der Waals surface area contributed by atoms with Gasteiger partial charge in [0.2, 0.25) is 5.91 Å². The Labute approximate surface area is 126 Å². The van der Waals surface area contributed by atoms with Crippen molar-refractivity contribution in [2.45, 2.75) is 33.2 Å². The monoisotopic (exact) mass is 282 g/mol. The van der Waals surface area contributed by atoms with Crippen molar-refractivity contribution in [2.75, 3.05) is 10.6 Å².